The highest BCUT2D eigenvalue weighted by molar-refractivity contribution is 5.90. The molecule has 0 aromatic heterocycles. The molecule has 1 aromatic rings. The van der Waals surface area contributed by atoms with Crippen LogP contribution in [0.3, 0.4) is 0 Å². The third-order valence-corrected chi connectivity index (χ3v) is 2.22. The number of benzene rings is 1. The van der Waals surface area contributed by atoms with Gasteiger partial charge >= 0.3 is 5.97 Å². The fraction of sp³-hybridized carbons (Fsp3) is 0.364. The fourth-order valence-electron chi connectivity index (χ4n) is 1.23. The molecule has 1 unspecified atom stereocenters. The van der Waals surface area contributed by atoms with Gasteiger partial charge in [0.2, 0.25) is 0 Å². The smallest absolute Gasteiger partial charge is 0.340 e. The van der Waals surface area contributed by atoms with Crippen molar-refractivity contribution in [1.29, 1.82) is 0 Å². The van der Waals surface area contributed by atoms with Crippen molar-refractivity contribution in [2.75, 3.05) is 12.4 Å². The summed E-state index contributed by atoms with van der Waals surface area (Å²) in [5.74, 6) is -3.19. The lowest BCUT2D eigenvalue weighted by molar-refractivity contribution is 0.0595. The summed E-state index contributed by atoms with van der Waals surface area (Å²) in [6, 6.07) is -0.0993. The lowest BCUT2D eigenvalue weighted by Crippen LogP contribution is -2.24. The molecule has 1 aromatic carbocycles. The number of methoxy groups -OCH3 is 1. The van der Waals surface area contributed by atoms with Crippen LogP contribution < -0.4 is 5.32 Å². The zero-order valence-electron chi connectivity index (χ0n) is 9.64. The van der Waals surface area contributed by atoms with Gasteiger partial charge in [0.25, 0.3) is 6.43 Å². The summed E-state index contributed by atoms with van der Waals surface area (Å²) < 4.78 is 55.5. The van der Waals surface area contributed by atoms with Crippen molar-refractivity contribution >= 4 is 11.7 Å². The van der Waals surface area contributed by atoms with E-state index in [4.69, 9.17) is 0 Å². The van der Waals surface area contributed by atoms with E-state index in [2.05, 4.69) is 10.1 Å². The number of anilines is 1. The Morgan fingerprint density at radius 1 is 1.28 bits per heavy atom. The zero-order chi connectivity index (χ0) is 13.9. The standard InChI is InChI=1S/C11H11F4NO2/c1-5(10(14)15)16-9-3-6(11(17)18-2)7(12)4-8(9)13/h3-5,10,16H,1-2H3. The monoisotopic (exact) mass is 265 g/mol. The molecule has 1 N–H and O–H groups in total. The van der Waals surface area contributed by atoms with E-state index in [9.17, 15) is 22.4 Å². The highest BCUT2D eigenvalue weighted by atomic mass is 19.3. The Labute approximate surface area is 101 Å². The van der Waals surface area contributed by atoms with Gasteiger partial charge in [-0.3, -0.25) is 0 Å². The Kier molecular flexibility index (Phi) is 4.52. The molecule has 100 valence electrons. The van der Waals surface area contributed by atoms with Gasteiger partial charge in [-0.15, -0.1) is 0 Å². The number of ether oxygens (including phenoxy) is 1. The van der Waals surface area contributed by atoms with Crippen molar-refractivity contribution in [3.8, 4) is 0 Å². The van der Waals surface area contributed by atoms with Crippen molar-refractivity contribution < 1.29 is 27.1 Å². The zero-order valence-corrected chi connectivity index (χ0v) is 9.64. The van der Waals surface area contributed by atoms with Gasteiger partial charge in [-0.2, -0.15) is 0 Å². The average Bonchev–Trinajstić information content (AvgIpc) is 2.31. The minimum Gasteiger partial charge on any atom is -0.465 e. The summed E-state index contributed by atoms with van der Waals surface area (Å²) in [5.41, 5.74) is -0.910. The van der Waals surface area contributed by atoms with Crippen molar-refractivity contribution in [1.82, 2.24) is 0 Å². The molecule has 0 fully saturated rings. The van der Waals surface area contributed by atoms with Crippen LogP contribution in [-0.2, 0) is 4.74 Å². The minimum atomic E-state index is -2.73. The topological polar surface area (TPSA) is 38.3 Å². The first-order valence-corrected chi connectivity index (χ1v) is 4.98. The Balaban J connectivity index is 3.09. The van der Waals surface area contributed by atoms with Crippen LogP contribution in [-0.4, -0.2) is 25.5 Å². The lowest BCUT2D eigenvalue weighted by Gasteiger charge is -2.15. The third-order valence-electron chi connectivity index (χ3n) is 2.22. The van der Waals surface area contributed by atoms with Crippen molar-refractivity contribution in [3.05, 3.63) is 29.3 Å². The van der Waals surface area contributed by atoms with Gasteiger partial charge in [0.05, 0.1) is 24.4 Å². The highest BCUT2D eigenvalue weighted by Gasteiger charge is 2.20. The summed E-state index contributed by atoms with van der Waals surface area (Å²) in [6.45, 7) is 1.13. The SMILES string of the molecule is COC(=O)c1cc(NC(C)C(F)F)c(F)cc1F. The van der Waals surface area contributed by atoms with Gasteiger partial charge < -0.3 is 10.1 Å². The van der Waals surface area contributed by atoms with E-state index in [0.29, 0.717) is 6.07 Å². The predicted molar refractivity (Wildman–Crippen MR) is 56.8 cm³/mol. The number of nitrogens with one attached hydrogen (secondary N) is 1. The maximum atomic E-state index is 13.3. The number of alkyl halides is 2. The van der Waals surface area contributed by atoms with Gasteiger partial charge in [0.1, 0.15) is 11.6 Å². The van der Waals surface area contributed by atoms with E-state index in [-0.39, 0.29) is 5.69 Å². The molecule has 0 radical (unpaired) electrons. The number of rotatable bonds is 4. The maximum Gasteiger partial charge on any atom is 0.340 e. The number of carbonyl (C=O) groups excluding carboxylic acids is 1. The van der Waals surface area contributed by atoms with Crippen LogP contribution in [0.25, 0.3) is 0 Å². The first-order chi connectivity index (χ1) is 8.36. The normalized spacial score (nSPS) is 12.4. The summed E-state index contributed by atoms with van der Waals surface area (Å²) in [4.78, 5) is 11.2. The van der Waals surface area contributed by atoms with E-state index >= 15 is 0 Å². The molecule has 0 aliphatic carbocycles. The van der Waals surface area contributed by atoms with E-state index in [1.807, 2.05) is 0 Å². The molecule has 7 heteroatoms. The lowest BCUT2D eigenvalue weighted by atomic mass is 10.1. The number of hydrogen-bond donors (Lipinski definition) is 1. The second-order valence-corrected chi connectivity index (χ2v) is 3.57. The van der Waals surface area contributed by atoms with E-state index < -0.39 is 35.6 Å². The summed E-state index contributed by atoms with van der Waals surface area (Å²) >= 11 is 0. The highest BCUT2D eigenvalue weighted by Crippen LogP contribution is 2.22. The van der Waals surface area contributed by atoms with Crippen LogP contribution in [0, 0.1) is 11.6 Å². The van der Waals surface area contributed by atoms with Gasteiger partial charge in [-0.25, -0.2) is 22.4 Å². The molecule has 1 atom stereocenters. The van der Waals surface area contributed by atoms with Gasteiger partial charge in [-0.1, -0.05) is 0 Å². The Morgan fingerprint density at radius 2 is 1.89 bits per heavy atom. The third kappa shape index (κ3) is 3.12. The molecule has 0 aliphatic heterocycles. The molecule has 18 heavy (non-hydrogen) atoms. The maximum absolute atomic E-state index is 13.3. The van der Waals surface area contributed by atoms with Gasteiger partial charge in [0.15, 0.2) is 0 Å². The van der Waals surface area contributed by atoms with Crippen LogP contribution >= 0.6 is 0 Å². The largest absolute Gasteiger partial charge is 0.465 e. The molecule has 0 saturated carbocycles. The Hall–Kier alpha value is -1.79. The van der Waals surface area contributed by atoms with Crippen LogP contribution in [0.5, 0.6) is 0 Å². The first kappa shape index (κ1) is 14.3. The van der Waals surface area contributed by atoms with E-state index in [1.165, 1.54) is 0 Å². The van der Waals surface area contributed by atoms with Crippen LogP contribution in [0.15, 0.2) is 12.1 Å². The Morgan fingerprint density at radius 3 is 2.39 bits per heavy atom. The number of carbonyl (C=O) groups is 1. The molecule has 0 saturated heterocycles. The number of halogens is 4. The first-order valence-electron chi connectivity index (χ1n) is 4.98. The molecule has 0 bridgehead atoms. The van der Waals surface area contributed by atoms with Crippen LogP contribution in [0.1, 0.15) is 17.3 Å². The molecule has 1 rings (SSSR count). The molecule has 0 aliphatic rings. The van der Waals surface area contributed by atoms with Crippen LogP contribution in [0.4, 0.5) is 23.2 Å². The molecular formula is C11H11F4NO2. The molecule has 3 nitrogen and oxygen atoms in total. The fourth-order valence-corrected chi connectivity index (χ4v) is 1.23. The summed E-state index contributed by atoms with van der Waals surface area (Å²) in [6.07, 6.45) is -2.73. The van der Waals surface area contributed by atoms with Crippen LogP contribution in [0.2, 0.25) is 0 Å². The summed E-state index contributed by atoms with van der Waals surface area (Å²) in [7, 11) is 1.03. The Bertz CT molecular complexity index is 451. The van der Waals surface area contributed by atoms with E-state index in [0.717, 1.165) is 20.1 Å². The molecule has 0 spiro atoms. The van der Waals surface area contributed by atoms with Crippen molar-refractivity contribution in [3.63, 3.8) is 0 Å². The van der Waals surface area contributed by atoms with Gasteiger partial charge in [0, 0.05) is 6.07 Å². The molecule has 0 heterocycles. The average molecular weight is 265 g/mol. The second-order valence-electron chi connectivity index (χ2n) is 3.57. The predicted octanol–water partition coefficient (Wildman–Crippen LogP) is 2.82. The van der Waals surface area contributed by atoms with E-state index in [1.54, 1.807) is 0 Å². The number of hydrogen-bond acceptors (Lipinski definition) is 3. The molecule has 0 amide bonds. The van der Waals surface area contributed by atoms with Crippen molar-refractivity contribution in [2.45, 2.75) is 19.4 Å². The van der Waals surface area contributed by atoms with Crippen molar-refractivity contribution in [2.24, 2.45) is 0 Å². The summed E-state index contributed by atoms with van der Waals surface area (Å²) in [5, 5.41) is 2.16. The minimum absolute atomic E-state index is 0.385. The van der Waals surface area contributed by atoms with Gasteiger partial charge in [-0.05, 0) is 13.0 Å². The second kappa shape index (κ2) is 5.70. The molecular weight excluding hydrogens is 254 g/mol. The number of esters is 1. The quantitative estimate of drug-likeness (QED) is 0.672.